The van der Waals surface area contributed by atoms with Crippen LogP contribution in [-0.4, -0.2) is 22.6 Å². The van der Waals surface area contributed by atoms with Gasteiger partial charge in [-0.1, -0.05) is 0 Å². The molecule has 1 fully saturated rings. The normalized spacial score (nSPS) is 14.7. The maximum Gasteiger partial charge on any atom is 0.338 e. The summed E-state index contributed by atoms with van der Waals surface area (Å²) < 4.78 is 26.8. The second-order valence-corrected chi connectivity index (χ2v) is 5.69. The highest BCUT2D eigenvalue weighted by Crippen LogP contribution is 2.39. The van der Waals surface area contributed by atoms with E-state index in [0.717, 1.165) is 18.9 Å². The quantitative estimate of drug-likeness (QED) is 0.799. The van der Waals surface area contributed by atoms with Crippen LogP contribution < -0.4 is 10.6 Å². The van der Waals surface area contributed by atoms with Crippen molar-refractivity contribution in [2.24, 2.45) is 5.92 Å². The number of rotatable bonds is 4. The van der Waals surface area contributed by atoms with Crippen LogP contribution in [0.3, 0.4) is 0 Å². The Kier molecular flexibility index (Phi) is 3.85. The molecule has 0 spiro atoms. The molecule has 1 aromatic carbocycles. The van der Waals surface area contributed by atoms with Gasteiger partial charge in [0.2, 0.25) is 0 Å². The number of carbonyl (C=O) groups excluding carboxylic acids is 1. The summed E-state index contributed by atoms with van der Waals surface area (Å²) in [5.74, 6) is -3.38. The summed E-state index contributed by atoms with van der Waals surface area (Å²) in [5, 5.41) is 13.7. The zero-order chi connectivity index (χ0) is 15.8. The summed E-state index contributed by atoms with van der Waals surface area (Å²) in [4.78, 5) is 22.7. The van der Waals surface area contributed by atoms with Crippen molar-refractivity contribution in [2.75, 3.05) is 5.32 Å². The van der Waals surface area contributed by atoms with Gasteiger partial charge in [0, 0.05) is 11.6 Å². The molecule has 2 amide bonds. The minimum Gasteiger partial charge on any atom is -0.478 e. The van der Waals surface area contributed by atoms with Gasteiger partial charge in [-0.3, -0.25) is 0 Å². The molecule has 1 saturated carbocycles. The van der Waals surface area contributed by atoms with Gasteiger partial charge in [-0.05, 0) is 38.7 Å². The van der Waals surface area contributed by atoms with Gasteiger partial charge >= 0.3 is 12.0 Å². The zero-order valence-corrected chi connectivity index (χ0v) is 11.7. The number of halogens is 2. The first kappa shape index (κ1) is 15.2. The lowest BCUT2D eigenvalue weighted by atomic mass is 9.99. The molecular formula is C14H16F2N2O3. The van der Waals surface area contributed by atoms with Crippen molar-refractivity contribution in [1.82, 2.24) is 5.32 Å². The van der Waals surface area contributed by atoms with Crippen molar-refractivity contribution in [2.45, 2.75) is 32.2 Å². The van der Waals surface area contributed by atoms with Gasteiger partial charge in [0.05, 0.1) is 11.3 Å². The van der Waals surface area contributed by atoms with Crippen molar-refractivity contribution in [3.05, 3.63) is 29.3 Å². The topological polar surface area (TPSA) is 78.4 Å². The third-order valence-corrected chi connectivity index (χ3v) is 3.57. The predicted molar refractivity (Wildman–Crippen MR) is 72.3 cm³/mol. The highest BCUT2D eigenvalue weighted by Gasteiger charge is 2.38. The van der Waals surface area contributed by atoms with Gasteiger partial charge in [0.15, 0.2) is 0 Å². The van der Waals surface area contributed by atoms with Crippen LogP contribution in [0.15, 0.2) is 12.1 Å². The first-order valence-electron chi connectivity index (χ1n) is 6.52. The molecule has 21 heavy (non-hydrogen) atoms. The van der Waals surface area contributed by atoms with E-state index < -0.39 is 34.7 Å². The van der Waals surface area contributed by atoms with Gasteiger partial charge in [-0.2, -0.15) is 0 Å². The predicted octanol–water partition coefficient (Wildman–Crippen LogP) is 2.97. The van der Waals surface area contributed by atoms with Crippen molar-refractivity contribution >= 4 is 17.7 Å². The van der Waals surface area contributed by atoms with Crippen LogP contribution in [-0.2, 0) is 0 Å². The lowest BCUT2D eigenvalue weighted by Gasteiger charge is -2.26. The molecule has 0 atom stereocenters. The summed E-state index contributed by atoms with van der Waals surface area (Å²) in [6.45, 7) is 3.71. The lowest BCUT2D eigenvalue weighted by Crippen LogP contribution is -2.47. The molecule has 0 aromatic heterocycles. The number of carboxylic acids is 1. The van der Waals surface area contributed by atoms with Gasteiger partial charge in [0.1, 0.15) is 11.6 Å². The molecule has 5 nitrogen and oxygen atoms in total. The first-order chi connectivity index (χ1) is 9.70. The molecule has 1 aliphatic carbocycles. The minimum absolute atomic E-state index is 0.371. The SMILES string of the molecule is CC(C)(NC(=O)Nc1cc(C(=O)O)c(F)cc1F)C1CC1. The van der Waals surface area contributed by atoms with Crippen molar-refractivity contribution in [1.29, 1.82) is 0 Å². The van der Waals surface area contributed by atoms with E-state index in [2.05, 4.69) is 10.6 Å². The summed E-state index contributed by atoms with van der Waals surface area (Å²) in [6.07, 6.45) is 2.03. The number of nitrogens with one attached hydrogen (secondary N) is 2. The Morgan fingerprint density at radius 2 is 1.86 bits per heavy atom. The second kappa shape index (κ2) is 5.31. The number of hydrogen-bond donors (Lipinski definition) is 3. The first-order valence-corrected chi connectivity index (χ1v) is 6.52. The van der Waals surface area contributed by atoms with Crippen LogP contribution in [0.4, 0.5) is 19.3 Å². The monoisotopic (exact) mass is 298 g/mol. The Bertz CT molecular complexity index is 598. The second-order valence-electron chi connectivity index (χ2n) is 5.69. The Balaban J connectivity index is 2.13. The standard InChI is InChI=1S/C14H16F2N2O3/c1-14(2,7-3-4-7)18-13(21)17-11-5-8(12(19)20)9(15)6-10(11)16/h5-7H,3-4H2,1-2H3,(H,19,20)(H2,17,18,21). The molecule has 0 unspecified atom stereocenters. The molecule has 0 aliphatic heterocycles. The van der Waals surface area contributed by atoms with Crippen molar-refractivity contribution in [3.63, 3.8) is 0 Å². The van der Waals surface area contributed by atoms with Crippen LogP contribution in [0.25, 0.3) is 0 Å². The summed E-state index contributed by atoms with van der Waals surface area (Å²) >= 11 is 0. The van der Waals surface area contributed by atoms with Gasteiger partial charge in [-0.15, -0.1) is 0 Å². The molecule has 2 rings (SSSR count). The van der Waals surface area contributed by atoms with E-state index in [1.807, 2.05) is 13.8 Å². The van der Waals surface area contributed by atoms with Crippen molar-refractivity contribution < 1.29 is 23.5 Å². The average Bonchev–Trinajstić information content (AvgIpc) is 3.15. The number of anilines is 1. The minimum atomic E-state index is -1.53. The maximum absolute atomic E-state index is 13.6. The smallest absolute Gasteiger partial charge is 0.338 e. The fourth-order valence-corrected chi connectivity index (χ4v) is 2.16. The maximum atomic E-state index is 13.6. The third kappa shape index (κ3) is 3.48. The van der Waals surface area contributed by atoms with E-state index in [4.69, 9.17) is 5.11 Å². The van der Waals surface area contributed by atoms with Crippen LogP contribution in [0.5, 0.6) is 0 Å². The van der Waals surface area contributed by atoms with Crippen LogP contribution in [0.1, 0.15) is 37.0 Å². The van der Waals surface area contributed by atoms with Gasteiger partial charge < -0.3 is 15.7 Å². The number of carbonyl (C=O) groups is 2. The molecule has 114 valence electrons. The van der Waals surface area contributed by atoms with Gasteiger partial charge in [-0.25, -0.2) is 18.4 Å². The van der Waals surface area contributed by atoms with Crippen LogP contribution >= 0.6 is 0 Å². The van der Waals surface area contributed by atoms with Crippen molar-refractivity contribution in [3.8, 4) is 0 Å². The Hall–Kier alpha value is -2.18. The van der Waals surface area contributed by atoms with E-state index in [-0.39, 0.29) is 5.69 Å². The van der Waals surface area contributed by atoms with E-state index in [9.17, 15) is 18.4 Å². The summed E-state index contributed by atoms with van der Waals surface area (Å²) in [6, 6.07) is 0.538. The number of hydrogen-bond acceptors (Lipinski definition) is 2. The Morgan fingerprint density at radius 3 is 2.38 bits per heavy atom. The van der Waals surface area contributed by atoms with Crippen LogP contribution in [0, 0.1) is 17.6 Å². The molecule has 0 heterocycles. The molecule has 0 saturated heterocycles. The largest absolute Gasteiger partial charge is 0.478 e. The third-order valence-electron chi connectivity index (χ3n) is 3.57. The number of benzene rings is 1. The lowest BCUT2D eigenvalue weighted by molar-refractivity contribution is 0.0691. The molecule has 1 aliphatic rings. The van der Waals surface area contributed by atoms with Gasteiger partial charge in [0.25, 0.3) is 0 Å². The number of carboxylic acid groups (broad SMARTS) is 1. The number of aromatic carboxylic acids is 1. The molecule has 0 radical (unpaired) electrons. The fourth-order valence-electron chi connectivity index (χ4n) is 2.16. The van der Waals surface area contributed by atoms with E-state index in [1.165, 1.54) is 0 Å². The number of amides is 2. The van der Waals surface area contributed by atoms with Crippen LogP contribution in [0.2, 0.25) is 0 Å². The Labute approximate surface area is 120 Å². The van der Waals surface area contributed by atoms with E-state index in [1.54, 1.807) is 0 Å². The molecule has 0 bridgehead atoms. The molecule has 1 aromatic rings. The zero-order valence-electron chi connectivity index (χ0n) is 11.7. The fraction of sp³-hybridized carbons (Fsp3) is 0.429. The summed E-state index contributed by atoms with van der Waals surface area (Å²) in [5.41, 5.74) is -1.51. The molecular weight excluding hydrogens is 282 g/mol. The highest BCUT2D eigenvalue weighted by molar-refractivity contribution is 5.93. The average molecular weight is 298 g/mol. The number of urea groups is 1. The molecule has 3 N–H and O–H groups in total. The highest BCUT2D eigenvalue weighted by atomic mass is 19.1. The van der Waals surface area contributed by atoms with E-state index >= 15 is 0 Å². The summed E-state index contributed by atoms with van der Waals surface area (Å²) in [7, 11) is 0. The van der Waals surface area contributed by atoms with E-state index in [0.29, 0.717) is 12.0 Å². The molecule has 7 heteroatoms. The Morgan fingerprint density at radius 1 is 1.24 bits per heavy atom.